The van der Waals surface area contributed by atoms with E-state index in [-0.39, 0.29) is 50.4 Å². The minimum absolute atomic E-state index is 0. The van der Waals surface area contributed by atoms with Crippen LogP contribution in [0.2, 0.25) is 0 Å². The molecule has 0 aromatic heterocycles. The van der Waals surface area contributed by atoms with Gasteiger partial charge >= 0.3 is 41.5 Å². The molecule has 0 heterocycles. The molecule has 0 atom stereocenters. The van der Waals surface area contributed by atoms with Crippen molar-refractivity contribution in [2.24, 2.45) is 0 Å². The fourth-order valence-corrected chi connectivity index (χ4v) is 1.24. The van der Waals surface area contributed by atoms with Gasteiger partial charge in [0.1, 0.15) is 0 Å². The van der Waals surface area contributed by atoms with Gasteiger partial charge in [-0.1, -0.05) is 45.8 Å². The van der Waals surface area contributed by atoms with Gasteiger partial charge in [-0.15, -0.1) is 0 Å². The number of carbonyl (C=O) groups excluding carboxylic acids is 2. The van der Waals surface area contributed by atoms with E-state index in [9.17, 15) is 9.59 Å². The Morgan fingerprint density at radius 1 is 1.00 bits per heavy atom. The monoisotopic (exact) mass is 295 g/mol. The standard InChI is InChI=1S/C14H25NO4.Na.H/c1-4-7-8-9-10-11-12-15(18-13(16)5-2)19-14(17)6-3;;/h10-11H,4-9,12H2,1-3H3;;/q;+1;-1. The molecule has 0 saturated heterocycles. The second-order valence-electron chi connectivity index (χ2n) is 4.12. The molecule has 0 unspecified atom stereocenters. The number of hydrogen-bond acceptors (Lipinski definition) is 5. The molecule has 5 nitrogen and oxygen atoms in total. The van der Waals surface area contributed by atoms with Crippen LogP contribution in [0, 0.1) is 0 Å². The minimum atomic E-state index is -0.428. The molecule has 112 valence electrons. The van der Waals surface area contributed by atoms with Gasteiger partial charge in [0.2, 0.25) is 0 Å². The van der Waals surface area contributed by atoms with E-state index in [4.69, 9.17) is 9.68 Å². The molecule has 20 heavy (non-hydrogen) atoms. The number of hydroxylamine groups is 2. The summed E-state index contributed by atoms with van der Waals surface area (Å²) in [7, 11) is 0. The van der Waals surface area contributed by atoms with Crippen molar-refractivity contribution in [1.82, 2.24) is 5.23 Å². The van der Waals surface area contributed by atoms with Crippen molar-refractivity contribution in [1.29, 1.82) is 0 Å². The summed E-state index contributed by atoms with van der Waals surface area (Å²) in [5.74, 6) is -0.855. The molecule has 0 spiro atoms. The van der Waals surface area contributed by atoms with Gasteiger partial charge in [-0.05, 0) is 12.8 Å². The maximum absolute atomic E-state index is 11.2. The van der Waals surface area contributed by atoms with E-state index in [1.54, 1.807) is 13.8 Å². The molecule has 0 aliphatic heterocycles. The van der Waals surface area contributed by atoms with E-state index in [1.807, 2.05) is 12.2 Å². The number of rotatable bonds is 10. The predicted octanol–water partition coefficient (Wildman–Crippen LogP) is 0.278. The maximum atomic E-state index is 11.2. The first-order valence-electron chi connectivity index (χ1n) is 6.98. The van der Waals surface area contributed by atoms with Gasteiger partial charge < -0.3 is 11.1 Å². The molecular weight excluding hydrogens is 269 g/mol. The van der Waals surface area contributed by atoms with Crippen LogP contribution in [0.15, 0.2) is 12.2 Å². The van der Waals surface area contributed by atoms with Crippen molar-refractivity contribution in [3.8, 4) is 0 Å². The Labute approximate surface area is 145 Å². The third-order valence-electron chi connectivity index (χ3n) is 2.38. The molecule has 0 amide bonds. The van der Waals surface area contributed by atoms with Gasteiger partial charge in [0.05, 0.1) is 6.54 Å². The second kappa shape index (κ2) is 15.0. The van der Waals surface area contributed by atoms with Gasteiger partial charge in [0.15, 0.2) is 0 Å². The molecule has 0 N–H and O–H groups in total. The average Bonchev–Trinajstić information content (AvgIpc) is 2.41. The molecule has 0 aliphatic carbocycles. The topological polar surface area (TPSA) is 55.8 Å². The zero-order chi connectivity index (χ0) is 14.5. The summed E-state index contributed by atoms with van der Waals surface area (Å²) in [5.41, 5.74) is 0. The van der Waals surface area contributed by atoms with Crippen molar-refractivity contribution in [3.05, 3.63) is 12.2 Å². The predicted molar refractivity (Wildman–Crippen MR) is 73.9 cm³/mol. The third kappa shape index (κ3) is 12.7. The van der Waals surface area contributed by atoms with Crippen molar-refractivity contribution < 1.29 is 50.2 Å². The van der Waals surface area contributed by atoms with Crippen LogP contribution in [0.5, 0.6) is 0 Å². The molecule has 0 saturated carbocycles. The van der Waals surface area contributed by atoms with Crippen LogP contribution < -0.4 is 29.6 Å². The number of unbranched alkanes of at least 4 members (excludes halogenated alkanes) is 3. The Kier molecular flexibility index (Phi) is 16.5. The Hall–Kier alpha value is -0.360. The zero-order valence-electron chi connectivity index (χ0n) is 14.2. The van der Waals surface area contributed by atoms with Crippen LogP contribution in [0.1, 0.15) is 60.7 Å². The first-order valence-corrected chi connectivity index (χ1v) is 6.98. The van der Waals surface area contributed by atoms with E-state index in [2.05, 4.69) is 6.92 Å². The minimum Gasteiger partial charge on any atom is -1.00 e. The maximum Gasteiger partial charge on any atom is 1.00 e. The fourth-order valence-electron chi connectivity index (χ4n) is 1.24. The van der Waals surface area contributed by atoms with Gasteiger partial charge in [-0.25, -0.2) is 0 Å². The SMILES string of the molecule is CCCCCC=CCN(OC(=O)CC)OC(=O)CC.[H-].[Na+]. The third-order valence-corrected chi connectivity index (χ3v) is 2.38. The van der Waals surface area contributed by atoms with Gasteiger partial charge in [-0.3, -0.25) is 9.59 Å². The molecular formula is C14H26NNaO4. The Morgan fingerprint density at radius 3 is 2.00 bits per heavy atom. The summed E-state index contributed by atoms with van der Waals surface area (Å²) < 4.78 is 0. The summed E-state index contributed by atoms with van der Waals surface area (Å²) in [4.78, 5) is 32.2. The van der Waals surface area contributed by atoms with Crippen molar-refractivity contribution in [2.75, 3.05) is 6.54 Å². The molecule has 0 rings (SSSR count). The fraction of sp³-hybridized carbons (Fsp3) is 0.714. The number of allylic oxidation sites excluding steroid dienone is 1. The molecule has 0 bridgehead atoms. The van der Waals surface area contributed by atoms with E-state index < -0.39 is 11.9 Å². The van der Waals surface area contributed by atoms with Crippen LogP contribution >= 0.6 is 0 Å². The van der Waals surface area contributed by atoms with Gasteiger partial charge in [-0.2, -0.15) is 0 Å². The number of hydrogen-bond donors (Lipinski definition) is 0. The number of nitrogens with zero attached hydrogens (tertiary/aromatic N) is 1. The number of carbonyl (C=O) groups is 2. The normalized spacial score (nSPS) is 10.4. The van der Waals surface area contributed by atoms with Crippen LogP contribution in [-0.2, 0) is 19.3 Å². The van der Waals surface area contributed by atoms with Crippen molar-refractivity contribution in [3.63, 3.8) is 0 Å². The molecule has 0 radical (unpaired) electrons. The quantitative estimate of drug-likeness (QED) is 0.251. The Bertz CT molecular complexity index is 283. The van der Waals surface area contributed by atoms with Gasteiger partial charge in [0, 0.05) is 18.1 Å². The average molecular weight is 295 g/mol. The van der Waals surface area contributed by atoms with Crippen LogP contribution in [0.3, 0.4) is 0 Å². The second-order valence-corrected chi connectivity index (χ2v) is 4.12. The molecule has 6 heteroatoms. The van der Waals surface area contributed by atoms with Crippen molar-refractivity contribution in [2.45, 2.75) is 59.3 Å². The van der Waals surface area contributed by atoms with E-state index in [0.29, 0.717) is 0 Å². The smallest absolute Gasteiger partial charge is 1.00 e. The summed E-state index contributed by atoms with van der Waals surface area (Å²) >= 11 is 0. The van der Waals surface area contributed by atoms with Crippen LogP contribution in [0.4, 0.5) is 0 Å². The van der Waals surface area contributed by atoms with E-state index in [0.717, 1.165) is 18.1 Å². The summed E-state index contributed by atoms with van der Waals surface area (Å²) in [6.45, 7) is 5.77. The van der Waals surface area contributed by atoms with Gasteiger partial charge in [0.25, 0.3) is 0 Å². The van der Waals surface area contributed by atoms with Crippen LogP contribution in [0.25, 0.3) is 0 Å². The first kappa shape index (κ1) is 21.9. The molecule has 0 fully saturated rings. The summed E-state index contributed by atoms with van der Waals surface area (Å²) in [5, 5.41) is 0.938. The Morgan fingerprint density at radius 2 is 1.55 bits per heavy atom. The summed E-state index contributed by atoms with van der Waals surface area (Å²) in [6, 6.07) is 0. The van der Waals surface area contributed by atoms with Crippen LogP contribution in [-0.4, -0.2) is 23.7 Å². The van der Waals surface area contributed by atoms with E-state index >= 15 is 0 Å². The molecule has 0 aromatic carbocycles. The molecule has 0 aromatic rings. The zero-order valence-corrected chi connectivity index (χ0v) is 15.2. The Balaban J connectivity index is -0.00000162. The summed E-state index contributed by atoms with van der Waals surface area (Å²) in [6.07, 6.45) is 8.80. The largest absolute Gasteiger partial charge is 1.00 e. The van der Waals surface area contributed by atoms with E-state index in [1.165, 1.54) is 12.8 Å². The first-order chi connectivity index (χ1) is 9.13. The molecule has 0 aliphatic rings. The van der Waals surface area contributed by atoms with Crippen molar-refractivity contribution >= 4 is 11.9 Å².